The van der Waals surface area contributed by atoms with Gasteiger partial charge >= 0.3 is 0 Å². The van der Waals surface area contributed by atoms with E-state index in [0.29, 0.717) is 0 Å². The smallest absolute Gasteiger partial charge is 0.145 e. The highest BCUT2D eigenvalue weighted by Crippen LogP contribution is 2.28. The quantitative estimate of drug-likeness (QED) is 0.213. The predicted octanol–water partition coefficient (Wildman–Crippen LogP) is 8.72. The zero-order valence-electron chi connectivity index (χ0n) is 26.5. The molecule has 0 aliphatic carbocycles. The maximum Gasteiger partial charge on any atom is 0.145 e. The molecule has 0 radical (unpaired) electrons. The van der Waals surface area contributed by atoms with Gasteiger partial charge in [0.05, 0.1) is 11.4 Å². The van der Waals surface area contributed by atoms with E-state index in [9.17, 15) is 0 Å². The van der Waals surface area contributed by atoms with Gasteiger partial charge in [-0.05, 0) is 102 Å². The first-order chi connectivity index (χ1) is 20.1. The largest absolute Gasteiger partial charge is 0.412 e. The minimum absolute atomic E-state index is 0. The molecule has 0 unspecified atom stereocenters. The van der Waals surface area contributed by atoms with Gasteiger partial charge in [0.25, 0.3) is 0 Å². The van der Waals surface area contributed by atoms with Gasteiger partial charge in [0.15, 0.2) is 0 Å². The first kappa shape index (κ1) is 31.2. The van der Waals surface area contributed by atoms with Crippen LogP contribution >= 0.6 is 0 Å². The molecule has 0 spiro atoms. The Hall–Kier alpha value is -4.74. The molecular formula is C38H42N4O. The summed E-state index contributed by atoms with van der Waals surface area (Å²) in [5, 5.41) is 0. The Morgan fingerprint density at radius 2 is 0.721 bits per heavy atom. The zero-order chi connectivity index (χ0) is 30.0. The van der Waals surface area contributed by atoms with Gasteiger partial charge in [0, 0.05) is 33.9 Å². The molecule has 0 atom stereocenters. The lowest BCUT2D eigenvalue weighted by Gasteiger charge is -2.12. The second-order valence-corrected chi connectivity index (χ2v) is 11.3. The number of rotatable bonds is 4. The van der Waals surface area contributed by atoms with E-state index in [0.717, 1.165) is 34.2 Å². The summed E-state index contributed by atoms with van der Waals surface area (Å²) >= 11 is 0. The maximum atomic E-state index is 4.78. The number of hydrogen-bond donors (Lipinski definition) is 0. The first-order valence-corrected chi connectivity index (χ1v) is 14.5. The highest BCUT2D eigenvalue weighted by atomic mass is 16.0. The van der Waals surface area contributed by atoms with Crippen molar-refractivity contribution in [1.29, 1.82) is 0 Å². The SMILES string of the molecule is Cc1cc(C)cc(-n2c(-c3ccccc3)nc(C)c2C)c1.Cc1cc(C)cc(-n2c(-c3ccccc3)nc(C)c2C)c1.O. The molecule has 0 bridgehead atoms. The Morgan fingerprint density at radius 1 is 0.419 bits per heavy atom. The van der Waals surface area contributed by atoms with Gasteiger partial charge in [0.1, 0.15) is 11.6 Å². The fourth-order valence-corrected chi connectivity index (χ4v) is 5.57. The van der Waals surface area contributed by atoms with Crippen molar-refractivity contribution in [1.82, 2.24) is 19.1 Å². The third-order valence-corrected chi connectivity index (χ3v) is 7.68. The average Bonchev–Trinajstić information content (AvgIpc) is 3.43. The maximum absolute atomic E-state index is 4.78. The molecule has 0 saturated heterocycles. The van der Waals surface area contributed by atoms with Crippen molar-refractivity contribution in [3.63, 3.8) is 0 Å². The molecule has 2 N–H and O–H groups in total. The number of nitrogens with zero attached hydrogens (tertiary/aromatic N) is 4. The lowest BCUT2D eigenvalue weighted by Crippen LogP contribution is -2.01. The molecular weight excluding hydrogens is 528 g/mol. The van der Waals surface area contributed by atoms with E-state index < -0.39 is 0 Å². The van der Waals surface area contributed by atoms with E-state index in [1.165, 1.54) is 45.0 Å². The fraction of sp³-hybridized carbons (Fsp3) is 0.211. The van der Waals surface area contributed by atoms with Gasteiger partial charge < -0.3 is 5.48 Å². The van der Waals surface area contributed by atoms with Gasteiger partial charge in [0.2, 0.25) is 0 Å². The van der Waals surface area contributed by atoms with Crippen molar-refractivity contribution >= 4 is 0 Å². The molecule has 0 aliphatic rings. The van der Waals surface area contributed by atoms with Crippen LogP contribution in [-0.4, -0.2) is 24.6 Å². The third kappa shape index (κ3) is 6.68. The average molecular weight is 571 g/mol. The van der Waals surface area contributed by atoms with Crippen molar-refractivity contribution in [2.75, 3.05) is 0 Å². The molecule has 5 nitrogen and oxygen atoms in total. The summed E-state index contributed by atoms with van der Waals surface area (Å²) in [4.78, 5) is 9.56. The number of benzene rings is 4. The molecule has 6 rings (SSSR count). The van der Waals surface area contributed by atoms with E-state index in [1.807, 2.05) is 12.1 Å². The van der Waals surface area contributed by atoms with Crippen molar-refractivity contribution in [3.05, 3.63) is 142 Å². The van der Waals surface area contributed by atoms with Gasteiger partial charge in [-0.25, -0.2) is 9.97 Å². The van der Waals surface area contributed by atoms with Crippen LogP contribution in [0, 0.1) is 55.4 Å². The van der Waals surface area contributed by atoms with Crippen LogP contribution in [-0.2, 0) is 0 Å². The summed E-state index contributed by atoms with van der Waals surface area (Å²) in [5.41, 5.74) is 14.3. The van der Waals surface area contributed by atoms with E-state index in [2.05, 4.69) is 149 Å². The Morgan fingerprint density at radius 3 is 1.02 bits per heavy atom. The van der Waals surface area contributed by atoms with Crippen molar-refractivity contribution < 1.29 is 5.48 Å². The number of aryl methyl sites for hydroxylation is 6. The van der Waals surface area contributed by atoms with E-state index in [1.54, 1.807) is 0 Å². The lowest BCUT2D eigenvalue weighted by molar-refractivity contribution is 0.824. The molecule has 0 fully saturated rings. The Kier molecular flexibility index (Phi) is 9.47. The Labute approximate surface area is 255 Å². The van der Waals surface area contributed by atoms with E-state index >= 15 is 0 Å². The molecule has 43 heavy (non-hydrogen) atoms. The molecule has 0 saturated carbocycles. The van der Waals surface area contributed by atoms with Crippen molar-refractivity contribution in [3.8, 4) is 34.2 Å². The van der Waals surface area contributed by atoms with Crippen LogP contribution in [0.2, 0.25) is 0 Å². The Balaban J connectivity index is 0.000000192. The summed E-state index contributed by atoms with van der Waals surface area (Å²) < 4.78 is 4.51. The van der Waals surface area contributed by atoms with Crippen LogP contribution in [0.15, 0.2) is 97.1 Å². The molecule has 2 heterocycles. The highest BCUT2D eigenvalue weighted by molar-refractivity contribution is 5.62. The predicted molar refractivity (Wildman–Crippen MR) is 180 cm³/mol. The number of imidazole rings is 2. The van der Waals surface area contributed by atoms with Crippen LogP contribution in [0.5, 0.6) is 0 Å². The molecule has 6 aromatic rings. The molecule has 2 aromatic heterocycles. The fourth-order valence-electron chi connectivity index (χ4n) is 5.57. The van der Waals surface area contributed by atoms with Gasteiger partial charge in [-0.3, -0.25) is 9.13 Å². The summed E-state index contributed by atoms with van der Waals surface area (Å²) in [7, 11) is 0. The summed E-state index contributed by atoms with van der Waals surface area (Å²) in [5.74, 6) is 2.02. The first-order valence-electron chi connectivity index (χ1n) is 14.5. The summed E-state index contributed by atoms with van der Waals surface area (Å²) in [6.45, 7) is 17.0. The molecule has 5 heteroatoms. The molecule has 0 amide bonds. The zero-order valence-corrected chi connectivity index (χ0v) is 26.5. The van der Waals surface area contributed by atoms with Crippen LogP contribution in [0.4, 0.5) is 0 Å². The van der Waals surface area contributed by atoms with Gasteiger partial charge in [-0.15, -0.1) is 0 Å². The second-order valence-electron chi connectivity index (χ2n) is 11.3. The van der Waals surface area contributed by atoms with Crippen LogP contribution in [0.3, 0.4) is 0 Å². The summed E-state index contributed by atoms with van der Waals surface area (Å²) in [6.07, 6.45) is 0. The van der Waals surface area contributed by atoms with E-state index in [4.69, 9.17) is 9.97 Å². The third-order valence-electron chi connectivity index (χ3n) is 7.68. The highest BCUT2D eigenvalue weighted by Gasteiger charge is 2.16. The van der Waals surface area contributed by atoms with Crippen LogP contribution in [0.1, 0.15) is 45.0 Å². The topological polar surface area (TPSA) is 67.1 Å². The van der Waals surface area contributed by atoms with E-state index in [-0.39, 0.29) is 5.48 Å². The normalized spacial score (nSPS) is 10.6. The minimum atomic E-state index is 0. The monoisotopic (exact) mass is 570 g/mol. The molecule has 220 valence electrons. The van der Waals surface area contributed by atoms with Gasteiger partial charge in [-0.2, -0.15) is 0 Å². The Bertz CT molecular complexity index is 1670. The number of aromatic nitrogens is 4. The van der Waals surface area contributed by atoms with Crippen molar-refractivity contribution in [2.24, 2.45) is 0 Å². The van der Waals surface area contributed by atoms with Crippen LogP contribution in [0.25, 0.3) is 34.2 Å². The number of hydrogen-bond acceptors (Lipinski definition) is 2. The van der Waals surface area contributed by atoms with Crippen LogP contribution < -0.4 is 0 Å². The second kappa shape index (κ2) is 13.1. The lowest BCUT2D eigenvalue weighted by atomic mass is 10.1. The van der Waals surface area contributed by atoms with Gasteiger partial charge in [-0.1, -0.05) is 72.8 Å². The van der Waals surface area contributed by atoms with Crippen molar-refractivity contribution in [2.45, 2.75) is 55.4 Å². The standard InChI is InChI=1S/2C19H20N2.H2O/c2*1-13-10-14(2)12-18(11-13)21-16(4)15(3)20-19(21)17-8-6-5-7-9-17;/h2*5-12H,1-4H3;1H2. The molecule has 4 aromatic carbocycles. The molecule has 0 aliphatic heterocycles. The minimum Gasteiger partial charge on any atom is -0.412 e. The summed E-state index contributed by atoms with van der Waals surface area (Å²) in [6, 6.07) is 34.0.